The predicted octanol–water partition coefficient (Wildman–Crippen LogP) is 16.3. The first kappa shape index (κ1) is 36.3. The fourth-order valence-corrected chi connectivity index (χ4v) is 11.4. The van der Waals surface area contributed by atoms with Gasteiger partial charge in [-0.15, -0.1) is 22.7 Å². The van der Waals surface area contributed by atoms with Crippen LogP contribution in [0.2, 0.25) is 0 Å². The Balaban J connectivity index is 1.02. The molecule has 5 heteroatoms. The molecule has 3 heterocycles. The monoisotopic (exact) mass is 825 g/mol. The summed E-state index contributed by atoms with van der Waals surface area (Å²) >= 11 is 3.67. The lowest BCUT2D eigenvalue weighted by molar-refractivity contribution is 1.08. The maximum atomic E-state index is 5.25. The molecule has 0 fully saturated rings. The second-order valence-corrected chi connectivity index (χ2v) is 17.6. The zero-order chi connectivity index (χ0) is 41.0. The zero-order valence-corrected chi connectivity index (χ0v) is 35.0. The van der Waals surface area contributed by atoms with Gasteiger partial charge in [0.15, 0.2) is 17.5 Å². The van der Waals surface area contributed by atoms with Gasteiger partial charge in [-0.2, -0.15) is 0 Å². The van der Waals surface area contributed by atoms with Gasteiger partial charge in [0.05, 0.1) is 0 Å². The smallest absolute Gasteiger partial charge is 0.164 e. The van der Waals surface area contributed by atoms with Crippen molar-refractivity contribution in [3.05, 3.63) is 212 Å². The van der Waals surface area contributed by atoms with Crippen LogP contribution in [0.15, 0.2) is 212 Å². The average molecular weight is 826 g/mol. The van der Waals surface area contributed by atoms with Crippen LogP contribution in [-0.4, -0.2) is 15.0 Å². The molecule has 0 aliphatic heterocycles. The normalized spacial score (nSPS) is 11.5. The lowest BCUT2D eigenvalue weighted by atomic mass is 9.93. The lowest BCUT2D eigenvalue weighted by Gasteiger charge is -2.12. The third-order valence-corrected chi connectivity index (χ3v) is 14.1. The molecule has 3 aromatic heterocycles. The molecule has 12 rings (SSSR count). The first-order valence-corrected chi connectivity index (χ1v) is 22.4. The Morgan fingerprint density at radius 1 is 0.258 bits per heavy atom. The van der Waals surface area contributed by atoms with E-state index < -0.39 is 0 Å². The molecule has 0 bridgehead atoms. The molecule has 0 saturated heterocycles. The second-order valence-electron chi connectivity index (χ2n) is 15.5. The van der Waals surface area contributed by atoms with Crippen LogP contribution in [0.5, 0.6) is 0 Å². The van der Waals surface area contributed by atoms with E-state index in [0.717, 1.165) is 16.7 Å². The van der Waals surface area contributed by atoms with E-state index in [1.54, 1.807) is 0 Å². The van der Waals surface area contributed by atoms with E-state index in [1.807, 2.05) is 40.9 Å². The molecular weight excluding hydrogens is 791 g/mol. The van der Waals surface area contributed by atoms with Crippen LogP contribution in [0.4, 0.5) is 0 Å². The summed E-state index contributed by atoms with van der Waals surface area (Å²) < 4.78 is 4.93. The molecule has 0 aliphatic carbocycles. The Morgan fingerprint density at radius 3 is 0.968 bits per heavy atom. The van der Waals surface area contributed by atoms with Crippen molar-refractivity contribution >= 4 is 63.0 Å². The molecule has 0 radical (unpaired) electrons. The van der Waals surface area contributed by atoms with Crippen LogP contribution in [0.1, 0.15) is 0 Å². The molecule has 0 atom stereocenters. The number of aromatic nitrogens is 3. The van der Waals surface area contributed by atoms with Crippen molar-refractivity contribution in [2.75, 3.05) is 0 Å². The number of fused-ring (bicyclic) bond motifs is 6. The van der Waals surface area contributed by atoms with Crippen molar-refractivity contribution in [3.63, 3.8) is 0 Å². The molecule has 290 valence electrons. The average Bonchev–Trinajstić information content (AvgIpc) is 3.92. The fourth-order valence-electron chi connectivity index (χ4n) is 8.81. The highest BCUT2D eigenvalue weighted by atomic mass is 32.1. The van der Waals surface area contributed by atoms with Gasteiger partial charge in [0, 0.05) is 68.2 Å². The van der Waals surface area contributed by atoms with E-state index in [2.05, 4.69) is 194 Å². The number of benzene rings is 9. The van der Waals surface area contributed by atoms with Gasteiger partial charge in [-0.1, -0.05) is 200 Å². The van der Waals surface area contributed by atoms with E-state index in [4.69, 9.17) is 15.0 Å². The summed E-state index contributed by atoms with van der Waals surface area (Å²) in [7, 11) is 0. The zero-order valence-electron chi connectivity index (χ0n) is 33.4. The van der Waals surface area contributed by atoms with Gasteiger partial charge in [-0.05, 0) is 45.5 Å². The summed E-state index contributed by atoms with van der Waals surface area (Å²) in [6.07, 6.45) is 0. The Hall–Kier alpha value is -7.57. The molecule has 0 amide bonds. The van der Waals surface area contributed by atoms with Crippen molar-refractivity contribution in [3.8, 4) is 78.7 Å². The van der Waals surface area contributed by atoms with Crippen LogP contribution in [0.25, 0.3) is 119 Å². The van der Waals surface area contributed by atoms with Gasteiger partial charge in [-0.25, -0.2) is 15.0 Å². The number of hydrogen-bond acceptors (Lipinski definition) is 5. The second kappa shape index (κ2) is 15.2. The van der Waals surface area contributed by atoms with Crippen molar-refractivity contribution < 1.29 is 0 Å². The molecule has 0 N–H and O–H groups in total. The fraction of sp³-hybridized carbons (Fsp3) is 0. The minimum Gasteiger partial charge on any atom is -0.208 e. The number of hydrogen-bond donors (Lipinski definition) is 0. The summed E-state index contributed by atoms with van der Waals surface area (Å²) in [5.74, 6) is 1.95. The summed E-state index contributed by atoms with van der Waals surface area (Å²) in [4.78, 5) is 15.5. The minimum atomic E-state index is 0.649. The minimum absolute atomic E-state index is 0.649. The highest BCUT2D eigenvalue weighted by Crippen LogP contribution is 2.47. The van der Waals surface area contributed by atoms with Gasteiger partial charge < -0.3 is 0 Å². The summed E-state index contributed by atoms with van der Waals surface area (Å²) in [6, 6.07) is 75.6. The number of thiophene rings is 2. The molecule has 0 unspecified atom stereocenters. The van der Waals surface area contributed by atoms with E-state index in [1.165, 1.54) is 84.9 Å². The third kappa shape index (κ3) is 6.29. The Bertz CT molecular complexity index is 3380. The highest BCUT2D eigenvalue weighted by molar-refractivity contribution is 7.26. The Morgan fingerprint density at radius 2 is 0.581 bits per heavy atom. The molecule has 0 aliphatic rings. The van der Waals surface area contributed by atoms with E-state index in [-0.39, 0.29) is 0 Å². The molecule has 12 aromatic rings. The molecule has 9 aromatic carbocycles. The SMILES string of the molecule is c1ccc(-c2nc(-c3ccc4c(c3)sc3c(-c5ccccc5)c(-c5ccccc5)ccc34)nc(-c3ccc4c(c3)sc3c(-c5ccccc5)c(-c5ccccc5)ccc34)n2)cc1. The van der Waals surface area contributed by atoms with Gasteiger partial charge in [0.1, 0.15) is 0 Å². The Labute approximate surface area is 366 Å². The molecular formula is C57H35N3S2. The highest BCUT2D eigenvalue weighted by Gasteiger charge is 2.20. The quantitative estimate of drug-likeness (QED) is 0.161. The number of nitrogens with zero attached hydrogens (tertiary/aromatic N) is 3. The Kier molecular flexibility index (Phi) is 8.87. The topological polar surface area (TPSA) is 38.7 Å². The first-order chi connectivity index (χ1) is 30.7. The van der Waals surface area contributed by atoms with Gasteiger partial charge >= 0.3 is 0 Å². The molecule has 3 nitrogen and oxygen atoms in total. The first-order valence-electron chi connectivity index (χ1n) is 20.8. The van der Waals surface area contributed by atoms with Crippen LogP contribution in [0.3, 0.4) is 0 Å². The largest absolute Gasteiger partial charge is 0.208 e. The predicted molar refractivity (Wildman–Crippen MR) is 264 cm³/mol. The maximum Gasteiger partial charge on any atom is 0.164 e. The van der Waals surface area contributed by atoms with Crippen molar-refractivity contribution in [1.29, 1.82) is 0 Å². The standard InChI is InChI=1S/C57H35N3S2/c1-6-16-36(17-7-1)43-30-32-47-45-28-26-41(34-49(45)61-53(47)51(43)38-20-10-3-11-21-38)56-58-55(40-24-14-5-15-25-40)59-57(60-56)42-27-29-46-48-33-31-44(37-18-8-2-9-19-37)52(39-22-12-4-13-23-39)54(48)62-50(46)35-42/h1-35H. The van der Waals surface area contributed by atoms with Crippen molar-refractivity contribution in [2.24, 2.45) is 0 Å². The molecule has 62 heavy (non-hydrogen) atoms. The van der Waals surface area contributed by atoms with E-state index >= 15 is 0 Å². The van der Waals surface area contributed by atoms with Crippen LogP contribution >= 0.6 is 22.7 Å². The van der Waals surface area contributed by atoms with Gasteiger partial charge in [0.25, 0.3) is 0 Å². The summed E-state index contributed by atoms with van der Waals surface area (Å²) in [5.41, 5.74) is 12.7. The van der Waals surface area contributed by atoms with Crippen molar-refractivity contribution in [1.82, 2.24) is 15.0 Å². The maximum absolute atomic E-state index is 5.25. The molecule has 0 spiro atoms. The van der Waals surface area contributed by atoms with Crippen LogP contribution < -0.4 is 0 Å². The van der Waals surface area contributed by atoms with E-state index in [9.17, 15) is 0 Å². The third-order valence-electron chi connectivity index (χ3n) is 11.8. The summed E-state index contributed by atoms with van der Waals surface area (Å²) in [5, 5.41) is 4.95. The lowest BCUT2D eigenvalue weighted by Crippen LogP contribution is -2.00. The van der Waals surface area contributed by atoms with E-state index in [0.29, 0.717) is 17.5 Å². The summed E-state index contributed by atoms with van der Waals surface area (Å²) in [6.45, 7) is 0. The van der Waals surface area contributed by atoms with Crippen LogP contribution in [-0.2, 0) is 0 Å². The van der Waals surface area contributed by atoms with Crippen LogP contribution in [0, 0.1) is 0 Å². The van der Waals surface area contributed by atoms with Gasteiger partial charge in [-0.3, -0.25) is 0 Å². The number of rotatable bonds is 7. The molecule has 0 saturated carbocycles. The van der Waals surface area contributed by atoms with Crippen molar-refractivity contribution in [2.45, 2.75) is 0 Å². The van der Waals surface area contributed by atoms with Gasteiger partial charge in [0.2, 0.25) is 0 Å².